The highest BCUT2D eigenvalue weighted by atomic mass is 19.1. The van der Waals surface area contributed by atoms with Crippen LogP contribution in [0.15, 0.2) is 24.3 Å². The molecule has 0 amide bonds. The molecule has 1 aromatic rings. The Morgan fingerprint density at radius 1 is 1.10 bits per heavy atom. The Hall–Kier alpha value is -0.930. The van der Waals surface area contributed by atoms with Crippen LogP contribution in [0.5, 0.6) is 0 Å². The molecule has 0 bridgehead atoms. The zero-order valence-electron chi connectivity index (χ0n) is 13.3. The molecule has 0 saturated heterocycles. The van der Waals surface area contributed by atoms with Gasteiger partial charge in [0.25, 0.3) is 0 Å². The van der Waals surface area contributed by atoms with E-state index in [1.165, 1.54) is 12.1 Å². The molecule has 2 N–H and O–H groups in total. The molecular formula is C17H29FN2. The van der Waals surface area contributed by atoms with E-state index in [4.69, 9.17) is 5.73 Å². The normalized spacial score (nSPS) is 13.4. The number of nitrogens with zero attached hydrogens (tertiary/aromatic N) is 1. The van der Waals surface area contributed by atoms with E-state index in [1.807, 2.05) is 12.1 Å². The van der Waals surface area contributed by atoms with Gasteiger partial charge in [0.1, 0.15) is 5.82 Å². The summed E-state index contributed by atoms with van der Waals surface area (Å²) in [6.45, 7) is 10.5. The molecule has 0 fully saturated rings. The SMILES string of the molecule is CCC(CC)N(CC(C)C)C(CN)c1ccc(F)cc1. The third-order valence-electron chi connectivity index (χ3n) is 3.87. The van der Waals surface area contributed by atoms with Gasteiger partial charge in [-0.15, -0.1) is 0 Å². The van der Waals surface area contributed by atoms with Crippen molar-refractivity contribution in [2.24, 2.45) is 11.7 Å². The van der Waals surface area contributed by atoms with Crippen LogP contribution in [0.1, 0.15) is 52.1 Å². The number of nitrogens with two attached hydrogens (primary N) is 1. The zero-order chi connectivity index (χ0) is 15.1. The molecule has 1 rings (SSSR count). The Morgan fingerprint density at radius 2 is 1.65 bits per heavy atom. The van der Waals surface area contributed by atoms with Crippen molar-refractivity contribution < 1.29 is 4.39 Å². The Bertz CT molecular complexity index is 371. The first kappa shape index (κ1) is 17.1. The lowest BCUT2D eigenvalue weighted by atomic mass is 9.99. The van der Waals surface area contributed by atoms with Crippen LogP contribution < -0.4 is 5.73 Å². The molecule has 1 aromatic carbocycles. The fourth-order valence-electron chi connectivity index (χ4n) is 2.86. The van der Waals surface area contributed by atoms with Gasteiger partial charge < -0.3 is 5.73 Å². The highest BCUT2D eigenvalue weighted by molar-refractivity contribution is 5.20. The molecule has 0 spiro atoms. The van der Waals surface area contributed by atoms with Crippen molar-refractivity contribution in [2.75, 3.05) is 13.1 Å². The molecule has 1 unspecified atom stereocenters. The number of benzene rings is 1. The van der Waals surface area contributed by atoms with Crippen molar-refractivity contribution in [2.45, 2.75) is 52.6 Å². The maximum absolute atomic E-state index is 13.1. The first-order chi connectivity index (χ1) is 9.53. The van der Waals surface area contributed by atoms with Crippen molar-refractivity contribution in [1.29, 1.82) is 0 Å². The number of halogens is 1. The minimum atomic E-state index is -0.192. The minimum Gasteiger partial charge on any atom is -0.329 e. The van der Waals surface area contributed by atoms with E-state index >= 15 is 0 Å². The van der Waals surface area contributed by atoms with Gasteiger partial charge in [0, 0.05) is 25.2 Å². The van der Waals surface area contributed by atoms with E-state index in [2.05, 4.69) is 32.6 Å². The van der Waals surface area contributed by atoms with Crippen LogP contribution in [0.25, 0.3) is 0 Å². The van der Waals surface area contributed by atoms with Crippen LogP contribution in [0.3, 0.4) is 0 Å². The molecule has 114 valence electrons. The Morgan fingerprint density at radius 3 is 2.05 bits per heavy atom. The van der Waals surface area contributed by atoms with Crippen LogP contribution in [-0.2, 0) is 0 Å². The predicted octanol–water partition coefficient (Wildman–Crippen LogP) is 3.97. The second-order valence-corrected chi connectivity index (χ2v) is 5.86. The largest absolute Gasteiger partial charge is 0.329 e. The number of rotatable bonds is 8. The lowest BCUT2D eigenvalue weighted by molar-refractivity contribution is 0.112. The van der Waals surface area contributed by atoms with Gasteiger partial charge in [0.15, 0.2) is 0 Å². The van der Waals surface area contributed by atoms with E-state index in [9.17, 15) is 4.39 Å². The summed E-state index contributed by atoms with van der Waals surface area (Å²) < 4.78 is 13.1. The molecule has 0 aliphatic heterocycles. The van der Waals surface area contributed by atoms with Crippen molar-refractivity contribution in [3.63, 3.8) is 0 Å². The smallest absolute Gasteiger partial charge is 0.123 e. The summed E-state index contributed by atoms with van der Waals surface area (Å²) in [4.78, 5) is 2.50. The predicted molar refractivity (Wildman–Crippen MR) is 84.1 cm³/mol. The monoisotopic (exact) mass is 280 g/mol. The van der Waals surface area contributed by atoms with E-state index < -0.39 is 0 Å². The Kier molecular flexibility index (Phi) is 7.17. The van der Waals surface area contributed by atoms with E-state index in [-0.39, 0.29) is 11.9 Å². The summed E-state index contributed by atoms with van der Waals surface area (Å²) in [5.41, 5.74) is 7.14. The summed E-state index contributed by atoms with van der Waals surface area (Å²) in [6, 6.07) is 7.47. The maximum Gasteiger partial charge on any atom is 0.123 e. The van der Waals surface area contributed by atoms with Gasteiger partial charge >= 0.3 is 0 Å². The fraction of sp³-hybridized carbons (Fsp3) is 0.647. The van der Waals surface area contributed by atoms with Crippen LogP contribution in [0.4, 0.5) is 4.39 Å². The number of hydrogen-bond donors (Lipinski definition) is 1. The van der Waals surface area contributed by atoms with E-state index in [1.54, 1.807) is 0 Å². The molecule has 20 heavy (non-hydrogen) atoms. The average molecular weight is 280 g/mol. The summed E-state index contributed by atoms with van der Waals surface area (Å²) >= 11 is 0. The Labute approximate surface area is 123 Å². The zero-order valence-corrected chi connectivity index (χ0v) is 13.3. The number of hydrogen-bond acceptors (Lipinski definition) is 2. The molecule has 1 atom stereocenters. The van der Waals surface area contributed by atoms with Gasteiger partial charge in [0.05, 0.1) is 0 Å². The molecular weight excluding hydrogens is 251 g/mol. The second kappa shape index (κ2) is 8.38. The fourth-order valence-corrected chi connectivity index (χ4v) is 2.86. The molecule has 0 aromatic heterocycles. The first-order valence-corrected chi connectivity index (χ1v) is 7.74. The van der Waals surface area contributed by atoms with Gasteiger partial charge in [-0.1, -0.05) is 39.8 Å². The summed E-state index contributed by atoms with van der Waals surface area (Å²) in [7, 11) is 0. The molecule has 2 nitrogen and oxygen atoms in total. The highest BCUT2D eigenvalue weighted by Gasteiger charge is 2.25. The second-order valence-electron chi connectivity index (χ2n) is 5.86. The first-order valence-electron chi connectivity index (χ1n) is 7.74. The van der Waals surface area contributed by atoms with Crippen molar-refractivity contribution in [3.05, 3.63) is 35.6 Å². The van der Waals surface area contributed by atoms with Crippen LogP contribution in [0, 0.1) is 11.7 Å². The average Bonchev–Trinajstić information content (AvgIpc) is 2.42. The van der Waals surface area contributed by atoms with Crippen molar-refractivity contribution >= 4 is 0 Å². The summed E-state index contributed by atoms with van der Waals surface area (Å²) in [5.74, 6) is 0.396. The van der Waals surface area contributed by atoms with E-state index in [0.717, 1.165) is 24.9 Å². The molecule has 0 heterocycles. The summed E-state index contributed by atoms with van der Waals surface area (Å²) in [5, 5.41) is 0. The maximum atomic E-state index is 13.1. The Balaban J connectivity index is 3.03. The van der Waals surface area contributed by atoms with E-state index in [0.29, 0.717) is 18.5 Å². The minimum absolute atomic E-state index is 0.169. The van der Waals surface area contributed by atoms with Crippen LogP contribution in [0.2, 0.25) is 0 Å². The van der Waals surface area contributed by atoms with Gasteiger partial charge in [-0.3, -0.25) is 4.90 Å². The lowest BCUT2D eigenvalue weighted by Crippen LogP contribution is -2.43. The third-order valence-corrected chi connectivity index (χ3v) is 3.87. The van der Waals surface area contributed by atoms with Gasteiger partial charge in [-0.2, -0.15) is 0 Å². The van der Waals surface area contributed by atoms with Crippen molar-refractivity contribution in [1.82, 2.24) is 4.90 Å². The topological polar surface area (TPSA) is 29.3 Å². The standard InChI is InChI=1S/C17H29FN2/c1-5-16(6-2)20(12-13(3)4)17(11-19)14-7-9-15(18)10-8-14/h7-10,13,16-17H,5-6,11-12,19H2,1-4H3. The van der Waals surface area contributed by atoms with Gasteiger partial charge in [-0.25, -0.2) is 4.39 Å². The van der Waals surface area contributed by atoms with Gasteiger partial charge in [0.2, 0.25) is 0 Å². The quantitative estimate of drug-likeness (QED) is 0.780. The lowest BCUT2D eigenvalue weighted by Gasteiger charge is -2.38. The van der Waals surface area contributed by atoms with Crippen molar-refractivity contribution in [3.8, 4) is 0 Å². The molecule has 3 heteroatoms. The molecule has 0 aliphatic rings. The third kappa shape index (κ3) is 4.57. The molecule has 0 saturated carbocycles. The molecule has 0 aliphatic carbocycles. The summed E-state index contributed by atoms with van der Waals surface area (Å²) in [6.07, 6.45) is 2.22. The van der Waals surface area contributed by atoms with Gasteiger partial charge in [-0.05, 0) is 36.5 Å². The highest BCUT2D eigenvalue weighted by Crippen LogP contribution is 2.26. The van der Waals surface area contributed by atoms with Crippen LogP contribution >= 0.6 is 0 Å². The van der Waals surface area contributed by atoms with Crippen LogP contribution in [-0.4, -0.2) is 24.0 Å². The molecule has 0 radical (unpaired) electrons.